The number of amides is 1. The van der Waals surface area contributed by atoms with Gasteiger partial charge in [0.25, 0.3) is 5.91 Å². The number of fused-ring (bicyclic) bond motifs is 1. The zero-order valence-electron chi connectivity index (χ0n) is 21.1. The highest BCUT2D eigenvalue weighted by atomic mass is 19.1. The topological polar surface area (TPSA) is 45.9 Å². The molecule has 190 valence electrons. The monoisotopic (exact) mass is 498 g/mol. The lowest BCUT2D eigenvalue weighted by Crippen LogP contribution is -2.38. The van der Waals surface area contributed by atoms with Crippen LogP contribution in [0.1, 0.15) is 41.0 Å². The highest BCUT2D eigenvalue weighted by molar-refractivity contribution is 5.80. The van der Waals surface area contributed by atoms with Gasteiger partial charge in [0.2, 0.25) is 0 Å². The van der Waals surface area contributed by atoms with Crippen molar-refractivity contribution in [2.45, 2.75) is 38.6 Å². The van der Waals surface area contributed by atoms with Gasteiger partial charge in [0.05, 0.1) is 18.8 Å². The predicted molar refractivity (Wildman–Crippen MR) is 141 cm³/mol. The molecule has 5 rings (SSSR count). The molecule has 2 heterocycles. The summed E-state index contributed by atoms with van der Waals surface area (Å²) in [5.41, 5.74) is 4.17. The Hall–Kier alpha value is -3.90. The van der Waals surface area contributed by atoms with Crippen LogP contribution in [0.3, 0.4) is 0 Å². The minimum atomic E-state index is -0.661. The van der Waals surface area contributed by atoms with Crippen molar-refractivity contribution in [1.82, 2.24) is 9.80 Å². The summed E-state index contributed by atoms with van der Waals surface area (Å²) in [5, 5.41) is 0. The largest absolute Gasteiger partial charge is 0.481 e. The fraction of sp³-hybridized carbons (Fsp3) is 0.258. The zero-order valence-corrected chi connectivity index (χ0v) is 21.1. The molecule has 1 aliphatic heterocycles. The van der Waals surface area contributed by atoms with E-state index in [1.807, 2.05) is 48.5 Å². The van der Waals surface area contributed by atoms with Crippen LogP contribution in [0.4, 0.5) is 4.39 Å². The molecule has 3 aromatic carbocycles. The average Bonchev–Trinajstić information content (AvgIpc) is 3.43. The van der Waals surface area contributed by atoms with E-state index in [0.717, 1.165) is 29.9 Å². The minimum Gasteiger partial charge on any atom is -0.481 e. The number of carbonyl (C=O) groups is 1. The van der Waals surface area contributed by atoms with Crippen molar-refractivity contribution in [1.29, 1.82) is 0 Å². The molecular weight excluding hydrogens is 467 g/mol. The number of carbonyl (C=O) groups excluding carboxylic acids is 1. The first-order chi connectivity index (χ1) is 18.0. The zero-order chi connectivity index (χ0) is 25.8. The summed E-state index contributed by atoms with van der Waals surface area (Å²) in [6, 6.07) is 26.9. The van der Waals surface area contributed by atoms with Crippen LogP contribution in [-0.4, -0.2) is 35.4 Å². The van der Waals surface area contributed by atoms with Crippen LogP contribution in [0.5, 0.6) is 5.75 Å². The van der Waals surface area contributed by atoms with Gasteiger partial charge >= 0.3 is 0 Å². The molecule has 0 N–H and O–H groups in total. The standard InChI is InChI=1S/C31H31FN2O3/c1-22(31(35)33(2)21-27-12-8-18-36-27)37-26-15-14-23-16-17-34(20-25-11-6-7-13-29(25)32)30(28(23)19-26)24-9-4-3-5-10-24/h3-15,18-19,22,30H,16-17,20-21H2,1-2H3/t22-,30-/m0/s1. The second-order valence-electron chi connectivity index (χ2n) is 9.52. The minimum absolute atomic E-state index is 0.0549. The van der Waals surface area contributed by atoms with Gasteiger partial charge in [-0.25, -0.2) is 4.39 Å². The van der Waals surface area contributed by atoms with Crippen LogP contribution in [0.2, 0.25) is 0 Å². The summed E-state index contributed by atoms with van der Waals surface area (Å²) in [6.45, 7) is 3.46. The number of hydrogen-bond donors (Lipinski definition) is 0. The van der Waals surface area contributed by atoms with Crippen LogP contribution in [0.25, 0.3) is 0 Å². The van der Waals surface area contributed by atoms with Gasteiger partial charge < -0.3 is 14.1 Å². The van der Waals surface area contributed by atoms with E-state index in [1.165, 1.54) is 11.6 Å². The Balaban J connectivity index is 1.40. The van der Waals surface area contributed by atoms with Crippen molar-refractivity contribution in [3.8, 4) is 5.75 Å². The second kappa shape index (κ2) is 11.0. The third kappa shape index (κ3) is 5.59. The Morgan fingerprint density at radius 1 is 1.08 bits per heavy atom. The SMILES string of the molecule is C[C@H](Oc1ccc2c(c1)[C@H](c1ccccc1)N(Cc1ccccc1F)CC2)C(=O)N(C)Cc1ccco1. The van der Waals surface area contributed by atoms with Crippen molar-refractivity contribution >= 4 is 5.91 Å². The molecule has 0 spiro atoms. The van der Waals surface area contributed by atoms with Gasteiger partial charge in [-0.1, -0.05) is 54.6 Å². The second-order valence-corrected chi connectivity index (χ2v) is 9.52. The van der Waals surface area contributed by atoms with E-state index < -0.39 is 6.10 Å². The maximum atomic E-state index is 14.5. The van der Waals surface area contributed by atoms with Crippen molar-refractivity contribution in [3.63, 3.8) is 0 Å². The summed E-state index contributed by atoms with van der Waals surface area (Å²) in [5.74, 6) is 1.04. The molecule has 0 unspecified atom stereocenters. The molecule has 0 aliphatic carbocycles. The van der Waals surface area contributed by atoms with Gasteiger partial charge in [-0.2, -0.15) is 0 Å². The number of nitrogens with zero attached hydrogens (tertiary/aromatic N) is 2. The molecule has 0 saturated carbocycles. The van der Waals surface area contributed by atoms with Crippen LogP contribution >= 0.6 is 0 Å². The summed E-state index contributed by atoms with van der Waals surface area (Å²) >= 11 is 0. The molecule has 6 heteroatoms. The highest BCUT2D eigenvalue weighted by Gasteiger charge is 2.30. The smallest absolute Gasteiger partial charge is 0.263 e. The van der Waals surface area contributed by atoms with Crippen molar-refractivity contribution < 1.29 is 18.3 Å². The van der Waals surface area contributed by atoms with E-state index in [2.05, 4.69) is 23.1 Å². The number of hydrogen-bond acceptors (Lipinski definition) is 4. The predicted octanol–water partition coefficient (Wildman–Crippen LogP) is 5.99. The van der Waals surface area contributed by atoms with E-state index in [9.17, 15) is 9.18 Å². The molecular formula is C31H31FN2O3. The maximum absolute atomic E-state index is 14.5. The van der Waals surface area contributed by atoms with Gasteiger partial charge in [-0.15, -0.1) is 0 Å². The van der Waals surface area contributed by atoms with Crippen molar-refractivity contribution in [3.05, 3.63) is 125 Å². The maximum Gasteiger partial charge on any atom is 0.263 e. The molecule has 1 aromatic heterocycles. The molecule has 0 fully saturated rings. The van der Waals surface area contributed by atoms with Crippen molar-refractivity contribution in [2.24, 2.45) is 0 Å². The van der Waals surface area contributed by atoms with Crippen LogP contribution < -0.4 is 4.74 Å². The van der Waals surface area contributed by atoms with Gasteiger partial charge in [0, 0.05) is 25.7 Å². The average molecular weight is 499 g/mol. The Morgan fingerprint density at radius 3 is 2.62 bits per heavy atom. The molecule has 2 atom stereocenters. The molecule has 5 nitrogen and oxygen atoms in total. The van der Waals surface area contributed by atoms with Gasteiger partial charge in [-0.05, 0) is 60.4 Å². The Labute approximate surface area is 217 Å². The third-order valence-corrected chi connectivity index (χ3v) is 6.90. The number of likely N-dealkylation sites (N-methyl/N-ethyl adjacent to an activating group) is 1. The first kappa shape index (κ1) is 24.8. The quantitative estimate of drug-likeness (QED) is 0.299. The number of rotatable bonds is 8. The summed E-state index contributed by atoms with van der Waals surface area (Å²) in [7, 11) is 1.74. The summed E-state index contributed by atoms with van der Waals surface area (Å²) in [4.78, 5) is 16.9. The van der Waals surface area contributed by atoms with Gasteiger partial charge in [0.1, 0.15) is 17.3 Å². The molecule has 37 heavy (non-hydrogen) atoms. The highest BCUT2D eigenvalue weighted by Crippen LogP contribution is 2.38. The normalized spacial score (nSPS) is 16.1. The van der Waals surface area contributed by atoms with Crippen LogP contribution in [-0.2, 0) is 24.3 Å². The number of ether oxygens (including phenoxy) is 1. The van der Waals surface area contributed by atoms with E-state index in [4.69, 9.17) is 9.15 Å². The Kier molecular flexibility index (Phi) is 7.37. The molecule has 0 bridgehead atoms. The van der Waals surface area contributed by atoms with E-state index in [1.54, 1.807) is 37.3 Å². The van der Waals surface area contributed by atoms with E-state index >= 15 is 0 Å². The summed E-state index contributed by atoms with van der Waals surface area (Å²) < 4.78 is 26.1. The number of furan rings is 1. The Bertz CT molecular complexity index is 1340. The molecule has 0 radical (unpaired) electrons. The molecule has 1 aliphatic rings. The van der Waals surface area contributed by atoms with E-state index in [-0.39, 0.29) is 17.8 Å². The number of benzene rings is 3. The fourth-order valence-corrected chi connectivity index (χ4v) is 5.04. The summed E-state index contributed by atoms with van der Waals surface area (Å²) in [6.07, 6.45) is 1.79. The van der Waals surface area contributed by atoms with Gasteiger partial charge in [0.15, 0.2) is 6.10 Å². The lowest BCUT2D eigenvalue weighted by molar-refractivity contribution is -0.137. The van der Waals surface area contributed by atoms with Crippen LogP contribution in [0.15, 0.2) is 95.6 Å². The lowest BCUT2D eigenvalue weighted by atomic mass is 9.87. The van der Waals surface area contributed by atoms with Crippen molar-refractivity contribution in [2.75, 3.05) is 13.6 Å². The lowest BCUT2D eigenvalue weighted by Gasteiger charge is -2.38. The van der Waals surface area contributed by atoms with Crippen LogP contribution in [0, 0.1) is 5.82 Å². The molecule has 1 amide bonds. The first-order valence-corrected chi connectivity index (χ1v) is 12.6. The molecule has 0 saturated heterocycles. The van der Waals surface area contributed by atoms with Gasteiger partial charge in [-0.3, -0.25) is 9.69 Å². The van der Waals surface area contributed by atoms with E-state index in [0.29, 0.717) is 24.4 Å². The fourth-order valence-electron chi connectivity index (χ4n) is 5.04. The number of halogens is 1. The Morgan fingerprint density at radius 2 is 1.86 bits per heavy atom. The third-order valence-electron chi connectivity index (χ3n) is 6.90. The molecule has 4 aromatic rings. The first-order valence-electron chi connectivity index (χ1n) is 12.6.